The van der Waals surface area contributed by atoms with E-state index >= 15 is 0 Å². The lowest BCUT2D eigenvalue weighted by molar-refractivity contribution is -0.148. The Morgan fingerprint density at radius 1 is 1.28 bits per heavy atom. The van der Waals surface area contributed by atoms with Crippen LogP contribution < -0.4 is 0 Å². The van der Waals surface area contributed by atoms with Gasteiger partial charge in [0.25, 0.3) is 0 Å². The van der Waals surface area contributed by atoms with E-state index in [-0.39, 0.29) is 6.61 Å². The highest BCUT2D eigenvalue weighted by Gasteiger charge is 2.66. The molecule has 0 aromatic rings. The quantitative estimate of drug-likeness (QED) is 0.465. The molecule has 0 saturated heterocycles. The predicted molar refractivity (Wildman–Crippen MR) is 65.8 cm³/mol. The first-order chi connectivity index (χ1) is 8.79. The zero-order valence-corrected chi connectivity index (χ0v) is 10.5. The molecule has 7 atom stereocenters. The molecule has 3 heteroatoms. The maximum absolute atomic E-state index is 11.6. The fourth-order valence-electron chi connectivity index (χ4n) is 5.65. The average Bonchev–Trinajstić information content (AvgIpc) is 3.12. The number of aliphatic hydroxyl groups is 1. The number of carbonyl (C=O) groups is 1. The molecule has 4 aliphatic carbocycles. The molecule has 18 heavy (non-hydrogen) atoms. The van der Waals surface area contributed by atoms with Crippen molar-refractivity contribution in [2.45, 2.75) is 24.9 Å². The van der Waals surface area contributed by atoms with Crippen molar-refractivity contribution in [2.24, 2.45) is 35.5 Å². The van der Waals surface area contributed by atoms with Gasteiger partial charge in [0.2, 0.25) is 0 Å². The van der Waals surface area contributed by atoms with E-state index in [4.69, 9.17) is 9.84 Å². The van der Waals surface area contributed by atoms with Gasteiger partial charge in [-0.05, 0) is 54.8 Å². The van der Waals surface area contributed by atoms with Crippen molar-refractivity contribution in [2.75, 3.05) is 13.2 Å². The average molecular weight is 248 g/mol. The molecule has 0 aliphatic heterocycles. The number of aliphatic hydroxyl groups excluding tert-OH is 1. The van der Waals surface area contributed by atoms with Crippen LogP contribution in [0.5, 0.6) is 0 Å². The summed E-state index contributed by atoms with van der Waals surface area (Å²) in [5.74, 6) is 4.02. The van der Waals surface area contributed by atoms with E-state index in [2.05, 4.69) is 12.2 Å². The molecule has 0 heterocycles. The summed E-state index contributed by atoms with van der Waals surface area (Å²) in [6.45, 7) is 0.302. The van der Waals surface area contributed by atoms with Crippen molar-refractivity contribution in [3.05, 3.63) is 12.2 Å². The maximum Gasteiger partial charge on any atom is 0.152 e. The Balaban J connectivity index is 1.64. The van der Waals surface area contributed by atoms with Crippen molar-refractivity contribution in [3.8, 4) is 0 Å². The molecule has 0 spiro atoms. The van der Waals surface area contributed by atoms with Gasteiger partial charge in [0.1, 0.15) is 5.60 Å². The molecule has 4 rings (SSSR count). The van der Waals surface area contributed by atoms with E-state index in [1.807, 2.05) is 0 Å². The van der Waals surface area contributed by atoms with Crippen LogP contribution in [0.25, 0.3) is 0 Å². The van der Waals surface area contributed by atoms with Gasteiger partial charge in [-0.3, -0.25) is 0 Å². The summed E-state index contributed by atoms with van der Waals surface area (Å²) < 4.78 is 5.80. The smallest absolute Gasteiger partial charge is 0.152 e. The van der Waals surface area contributed by atoms with Crippen molar-refractivity contribution >= 4 is 6.29 Å². The molecule has 0 amide bonds. The van der Waals surface area contributed by atoms with Crippen LogP contribution in [0.3, 0.4) is 0 Å². The van der Waals surface area contributed by atoms with E-state index in [9.17, 15) is 4.79 Å². The SMILES string of the molecule is O=CC1(OCCO)CC2CC1C1C3C=CC(C3)C21. The lowest BCUT2D eigenvalue weighted by Gasteiger charge is -2.42. The van der Waals surface area contributed by atoms with Crippen LogP contribution in [0.15, 0.2) is 12.2 Å². The van der Waals surface area contributed by atoms with E-state index in [0.29, 0.717) is 30.3 Å². The van der Waals surface area contributed by atoms with Crippen LogP contribution in [-0.4, -0.2) is 30.2 Å². The first-order valence-electron chi connectivity index (χ1n) is 7.18. The molecule has 98 valence electrons. The summed E-state index contributed by atoms with van der Waals surface area (Å²) in [7, 11) is 0. The monoisotopic (exact) mass is 248 g/mol. The third kappa shape index (κ3) is 1.19. The van der Waals surface area contributed by atoms with Crippen molar-refractivity contribution in [1.29, 1.82) is 0 Å². The predicted octanol–water partition coefficient (Wildman–Crippen LogP) is 1.41. The number of ether oxygens (including phenoxy) is 1. The van der Waals surface area contributed by atoms with Crippen LogP contribution in [0, 0.1) is 35.5 Å². The highest BCUT2D eigenvalue weighted by molar-refractivity contribution is 5.65. The molecule has 3 saturated carbocycles. The number of fused-ring (bicyclic) bond motifs is 9. The van der Waals surface area contributed by atoms with Crippen LogP contribution in [0.1, 0.15) is 19.3 Å². The van der Waals surface area contributed by atoms with Crippen molar-refractivity contribution in [1.82, 2.24) is 0 Å². The number of hydrogen-bond donors (Lipinski definition) is 1. The largest absolute Gasteiger partial charge is 0.394 e. The Bertz CT molecular complexity index is 405. The van der Waals surface area contributed by atoms with Gasteiger partial charge in [-0.1, -0.05) is 12.2 Å². The fourth-order valence-corrected chi connectivity index (χ4v) is 5.65. The summed E-state index contributed by atoms with van der Waals surface area (Å²) in [5, 5.41) is 8.95. The van der Waals surface area contributed by atoms with Crippen molar-refractivity contribution in [3.63, 3.8) is 0 Å². The number of hydrogen-bond acceptors (Lipinski definition) is 3. The minimum Gasteiger partial charge on any atom is -0.394 e. The van der Waals surface area contributed by atoms with E-state index in [0.717, 1.165) is 31.0 Å². The molecular formula is C15H20O3. The van der Waals surface area contributed by atoms with E-state index in [1.54, 1.807) is 0 Å². The Morgan fingerprint density at radius 3 is 2.78 bits per heavy atom. The first-order valence-corrected chi connectivity index (χ1v) is 7.18. The Hall–Kier alpha value is -0.670. The number of allylic oxidation sites excluding steroid dienone is 2. The second kappa shape index (κ2) is 3.67. The van der Waals surface area contributed by atoms with E-state index < -0.39 is 5.60 Å². The molecular weight excluding hydrogens is 228 g/mol. The zero-order valence-electron chi connectivity index (χ0n) is 10.5. The van der Waals surface area contributed by atoms with Crippen LogP contribution in [0.2, 0.25) is 0 Å². The van der Waals surface area contributed by atoms with Gasteiger partial charge in [0, 0.05) is 0 Å². The van der Waals surface area contributed by atoms with Gasteiger partial charge < -0.3 is 14.6 Å². The van der Waals surface area contributed by atoms with Gasteiger partial charge in [-0.15, -0.1) is 0 Å². The molecule has 7 unspecified atom stereocenters. The van der Waals surface area contributed by atoms with Crippen LogP contribution >= 0.6 is 0 Å². The highest BCUT2D eigenvalue weighted by atomic mass is 16.5. The Labute approximate surface area is 107 Å². The normalized spacial score (nSPS) is 55.2. The van der Waals surface area contributed by atoms with Gasteiger partial charge >= 0.3 is 0 Å². The molecule has 0 radical (unpaired) electrons. The topological polar surface area (TPSA) is 46.5 Å². The molecule has 0 aromatic heterocycles. The molecule has 3 fully saturated rings. The molecule has 4 bridgehead atoms. The molecule has 0 aromatic carbocycles. The Morgan fingerprint density at radius 2 is 2.06 bits per heavy atom. The molecule has 1 N–H and O–H groups in total. The van der Waals surface area contributed by atoms with Gasteiger partial charge in [0.15, 0.2) is 6.29 Å². The molecule has 4 aliphatic rings. The summed E-state index contributed by atoms with van der Waals surface area (Å²) in [6, 6.07) is 0. The third-order valence-electron chi connectivity index (χ3n) is 6.02. The summed E-state index contributed by atoms with van der Waals surface area (Å²) in [5.41, 5.74) is -0.577. The van der Waals surface area contributed by atoms with Crippen LogP contribution in [0.4, 0.5) is 0 Å². The Kier molecular flexibility index (Phi) is 2.28. The van der Waals surface area contributed by atoms with Crippen LogP contribution in [-0.2, 0) is 9.53 Å². The van der Waals surface area contributed by atoms with Gasteiger partial charge in [0.05, 0.1) is 13.2 Å². The second-order valence-corrected chi connectivity index (χ2v) is 6.55. The molecule has 3 nitrogen and oxygen atoms in total. The lowest BCUT2D eigenvalue weighted by Crippen LogP contribution is -2.47. The zero-order chi connectivity index (χ0) is 12.3. The summed E-state index contributed by atoms with van der Waals surface area (Å²) in [4.78, 5) is 11.6. The lowest BCUT2D eigenvalue weighted by atomic mass is 9.68. The minimum atomic E-state index is -0.577. The number of rotatable bonds is 4. The van der Waals surface area contributed by atoms with E-state index in [1.165, 1.54) is 6.42 Å². The van der Waals surface area contributed by atoms with Crippen molar-refractivity contribution < 1.29 is 14.6 Å². The number of aldehydes is 1. The fraction of sp³-hybridized carbons (Fsp3) is 0.800. The highest BCUT2D eigenvalue weighted by Crippen LogP contribution is 2.68. The number of carbonyl (C=O) groups excluding carboxylic acids is 1. The second-order valence-electron chi connectivity index (χ2n) is 6.55. The summed E-state index contributed by atoms with van der Waals surface area (Å²) >= 11 is 0. The van der Waals surface area contributed by atoms with Gasteiger partial charge in [-0.2, -0.15) is 0 Å². The third-order valence-corrected chi connectivity index (χ3v) is 6.02. The maximum atomic E-state index is 11.6. The standard InChI is InChI=1S/C15H20O3/c16-3-4-18-15(8-17)7-11-6-12(15)14-10-2-1-9(5-10)13(11)14/h1-2,8-14,16H,3-7H2. The summed E-state index contributed by atoms with van der Waals surface area (Å²) in [6.07, 6.45) is 9.17. The van der Waals surface area contributed by atoms with Gasteiger partial charge in [-0.25, -0.2) is 0 Å². The first kappa shape index (κ1) is 11.2. The minimum absolute atomic E-state index is 0.00697.